The van der Waals surface area contributed by atoms with Gasteiger partial charge in [-0.1, -0.05) is 0 Å². The summed E-state index contributed by atoms with van der Waals surface area (Å²) in [6.45, 7) is 3.90. The quantitative estimate of drug-likeness (QED) is 0.638. The summed E-state index contributed by atoms with van der Waals surface area (Å²) in [6, 6.07) is 7.84. The first-order valence-electron chi connectivity index (χ1n) is 5.61. The number of hydrazine groups is 1. The molecule has 0 saturated carbocycles. The standard InChI is InChI=1S/C13H16N4O/c1-8-6-10(4-5-12(8)18-3)11-7-9(2)15-13(16-11)17-14/h4-7H,14H2,1-3H3,(H,15,16,17). The van der Waals surface area contributed by atoms with E-state index in [0.29, 0.717) is 5.95 Å². The first-order valence-corrected chi connectivity index (χ1v) is 5.61. The summed E-state index contributed by atoms with van der Waals surface area (Å²) in [5, 5.41) is 0. The van der Waals surface area contributed by atoms with Crippen LogP contribution < -0.4 is 16.0 Å². The highest BCUT2D eigenvalue weighted by Crippen LogP contribution is 2.25. The van der Waals surface area contributed by atoms with Crippen LogP contribution in [0, 0.1) is 13.8 Å². The highest BCUT2D eigenvalue weighted by atomic mass is 16.5. The number of nitrogens with zero attached hydrogens (tertiary/aromatic N) is 2. The van der Waals surface area contributed by atoms with Crippen molar-refractivity contribution in [2.75, 3.05) is 12.5 Å². The summed E-state index contributed by atoms with van der Waals surface area (Å²) < 4.78 is 5.24. The fraction of sp³-hybridized carbons (Fsp3) is 0.231. The van der Waals surface area contributed by atoms with E-state index in [0.717, 1.165) is 28.3 Å². The zero-order valence-corrected chi connectivity index (χ0v) is 10.7. The van der Waals surface area contributed by atoms with Crippen molar-refractivity contribution in [1.29, 1.82) is 0 Å². The molecule has 0 bridgehead atoms. The predicted octanol–water partition coefficient (Wildman–Crippen LogP) is 2.05. The minimum Gasteiger partial charge on any atom is -0.496 e. The van der Waals surface area contributed by atoms with Gasteiger partial charge in [0.1, 0.15) is 5.75 Å². The van der Waals surface area contributed by atoms with E-state index < -0.39 is 0 Å². The average Bonchev–Trinajstić information content (AvgIpc) is 2.37. The van der Waals surface area contributed by atoms with E-state index in [1.165, 1.54) is 0 Å². The first kappa shape index (κ1) is 12.3. The van der Waals surface area contributed by atoms with Crippen LogP contribution in [0.1, 0.15) is 11.3 Å². The Bertz CT molecular complexity index is 569. The molecule has 1 aromatic carbocycles. The number of rotatable bonds is 3. The van der Waals surface area contributed by atoms with Gasteiger partial charge in [0.25, 0.3) is 0 Å². The molecule has 5 heteroatoms. The van der Waals surface area contributed by atoms with E-state index in [2.05, 4.69) is 15.4 Å². The maximum Gasteiger partial charge on any atom is 0.237 e. The third kappa shape index (κ3) is 2.41. The molecule has 94 valence electrons. The lowest BCUT2D eigenvalue weighted by atomic mass is 10.1. The van der Waals surface area contributed by atoms with Crippen molar-refractivity contribution >= 4 is 5.95 Å². The molecule has 0 radical (unpaired) electrons. The Labute approximate surface area is 106 Å². The Kier molecular flexibility index (Phi) is 3.43. The molecule has 1 aromatic heterocycles. The lowest BCUT2D eigenvalue weighted by Gasteiger charge is -2.08. The number of nitrogen functional groups attached to an aromatic ring is 1. The Balaban J connectivity index is 2.48. The molecule has 0 spiro atoms. The van der Waals surface area contributed by atoms with Crippen LogP contribution in [0.4, 0.5) is 5.95 Å². The summed E-state index contributed by atoms with van der Waals surface area (Å²) in [6.07, 6.45) is 0. The van der Waals surface area contributed by atoms with Gasteiger partial charge >= 0.3 is 0 Å². The Morgan fingerprint density at radius 2 is 1.94 bits per heavy atom. The second kappa shape index (κ2) is 5.01. The summed E-state index contributed by atoms with van der Waals surface area (Å²) >= 11 is 0. The van der Waals surface area contributed by atoms with E-state index in [1.807, 2.05) is 38.1 Å². The number of nitrogens with one attached hydrogen (secondary N) is 1. The topological polar surface area (TPSA) is 73.1 Å². The Morgan fingerprint density at radius 3 is 2.56 bits per heavy atom. The number of aryl methyl sites for hydroxylation is 2. The molecular formula is C13H16N4O. The van der Waals surface area contributed by atoms with Gasteiger partial charge in [-0.3, -0.25) is 5.43 Å². The smallest absolute Gasteiger partial charge is 0.237 e. The monoisotopic (exact) mass is 244 g/mol. The van der Waals surface area contributed by atoms with Crippen molar-refractivity contribution in [3.63, 3.8) is 0 Å². The van der Waals surface area contributed by atoms with Crippen LogP contribution in [-0.2, 0) is 0 Å². The predicted molar refractivity (Wildman–Crippen MR) is 71.3 cm³/mol. The fourth-order valence-electron chi connectivity index (χ4n) is 1.82. The summed E-state index contributed by atoms with van der Waals surface area (Å²) in [7, 11) is 1.66. The number of hydrogen-bond acceptors (Lipinski definition) is 5. The van der Waals surface area contributed by atoms with Crippen molar-refractivity contribution in [2.45, 2.75) is 13.8 Å². The third-order valence-corrected chi connectivity index (χ3v) is 2.67. The fourth-order valence-corrected chi connectivity index (χ4v) is 1.82. The normalized spacial score (nSPS) is 10.2. The molecule has 5 nitrogen and oxygen atoms in total. The lowest BCUT2D eigenvalue weighted by molar-refractivity contribution is 0.412. The highest BCUT2D eigenvalue weighted by molar-refractivity contribution is 5.63. The molecule has 18 heavy (non-hydrogen) atoms. The highest BCUT2D eigenvalue weighted by Gasteiger charge is 2.06. The van der Waals surface area contributed by atoms with Crippen molar-refractivity contribution in [1.82, 2.24) is 9.97 Å². The molecule has 0 aliphatic rings. The van der Waals surface area contributed by atoms with E-state index in [-0.39, 0.29) is 0 Å². The zero-order chi connectivity index (χ0) is 13.1. The molecule has 0 unspecified atom stereocenters. The number of ether oxygens (including phenoxy) is 1. The number of benzene rings is 1. The van der Waals surface area contributed by atoms with Gasteiger partial charge in [0, 0.05) is 11.3 Å². The van der Waals surface area contributed by atoms with Crippen LogP contribution in [0.25, 0.3) is 11.3 Å². The molecule has 1 heterocycles. The number of anilines is 1. The summed E-state index contributed by atoms with van der Waals surface area (Å²) in [5.41, 5.74) is 6.24. The van der Waals surface area contributed by atoms with Crippen molar-refractivity contribution in [3.05, 3.63) is 35.5 Å². The van der Waals surface area contributed by atoms with Gasteiger partial charge in [-0.05, 0) is 43.7 Å². The van der Waals surface area contributed by atoms with E-state index in [4.69, 9.17) is 10.6 Å². The van der Waals surface area contributed by atoms with Crippen molar-refractivity contribution < 1.29 is 4.74 Å². The molecule has 3 N–H and O–H groups in total. The molecule has 2 aromatic rings. The van der Waals surface area contributed by atoms with Crippen LogP contribution in [-0.4, -0.2) is 17.1 Å². The zero-order valence-electron chi connectivity index (χ0n) is 10.7. The molecule has 0 atom stereocenters. The van der Waals surface area contributed by atoms with Crippen LogP contribution in [0.15, 0.2) is 24.3 Å². The van der Waals surface area contributed by atoms with Gasteiger partial charge in [-0.2, -0.15) is 0 Å². The van der Waals surface area contributed by atoms with Gasteiger partial charge in [0.2, 0.25) is 5.95 Å². The molecule has 0 aliphatic carbocycles. The lowest BCUT2D eigenvalue weighted by Crippen LogP contribution is -2.11. The second-order valence-corrected chi connectivity index (χ2v) is 4.05. The largest absolute Gasteiger partial charge is 0.496 e. The maximum atomic E-state index is 5.35. The number of aromatic nitrogens is 2. The van der Waals surface area contributed by atoms with Gasteiger partial charge in [0.05, 0.1) is 12.8 Å². The van der Waals surface area contributed by atoms with Gasteiger partial charge in [0.15, 0.2) is 0 Å². The molecular weight excluding hydrogens is 228 g/mol. The minimum absolute atomic E-state index is 0.415. The second-order valence-electron chi connectivity index (χ2n) is 4.05. The Hall–Kier alpha value is -2.14. The molecule has 0 fully saturated rings. The molecule has 0 amide bonds. The third-order valence-electron chi connectivity index (χ3n) is 2.67. The SMILES string of the molecule is COc1ccc(-c2cc(C)nc(NN)n2)cc1C. The molecule has 0 aliphatic heterocycles. The van der Waals surface area contributed by atoms with Crippen LogP contribution in [0.3, 0.4) is 0 Å². The van der Waals surface area contributed by atoms with Crippen molar-refractivity contribution in [3.8, 4) is 17.0 Å². The van der Waals surface area contributed by atoms with E-state index >= 15 is 0 Å². The van der Waals surface area contributed by atoms with Gasteiger partial charge in [-0.25, -0.2) is 15.8 Å². The van der Waals surface area contributed by atoms with Crippen molar-refractivity contribution in [2.24, 2.45) is 5.84 Å². The number of methoxy groups -OCH3 is 1. The average molecular weight is 244 g/mol. The van der Waals surface area contributed by atoms with E-state index in [1.54, 1.807) is 7.11 Å². The molecule has 0 saturated heterocycles. The van der Waals surface area contributed by atoms with E-state index in [9.17, 15) is 0 Å². The molecule has 2 rings (SSSR count). The minimum atomic E-state index is 0.415. The first-order chi connectivity index (χ1) is 8.63. The number of nitrogens with two attached hydrogens (primary N) is 1. The summed E-state index contributed by atoms with van der Waals surface area (Å²) in [5.74, 6) is 6.62. The number of hydrogen-bond donors (Lipinski definition) is 2. The maximum absolute atomic E-state index is 5.35. The van der Waals surface area contributed by atoms with Crippen LogP contribution >= 0.6 is 0 Å². The van der Waals surface area contributed by atoms with Crippen LogP contribution in [0.2, 0.25) is 0 Å². The summed E-state index contributed by atoms with van der Waals surface area (Å²) in [4.78, 5) is 8.49. The van der Waals surface area contributed by atoms with Crippen LogP contribution in [0.5, 0.6) is 5.75 Å². The Morgan fingerprint density at radius 1 is 1.17 bits per heavy atom. The van der Waals surface area contributed by atoms with Gasteiger partial charge in [-0.15, -0.1) is 0 Å². The van der Waals surface area contributed by atoms with Gasteiger partial charge < -0.3 is 4.74 Å².